The lowest BCUT2D eigenvalue weighted by molar-refractivity contribution is -0.146. The minimum absolute atomic E-state index is 0.0155. The summed E-state index contributed by atoms with van der Waals surface area (Å²) in [6.45, 7) is 12.8. The van der Waals surface area contributed by atoms with E-state index < -0.39 is 79.2 Å². The maximum absolute atomic E-state index is 13.3. The molecular weight excluding hydrogens is 1460 g/mol. The third-order valence-electron chi connectivity index (χ3n) is 16.4. The lowest BCUT2D eigenvalue weighted by Gasteiger charge is -2.23. The van der Waals surface area contributed by atoms with E-state index in [1.807, 2.05) is 60.7 Å². The standard InChI is InChI=1S/C32H45N3O8.C28H37N3O8.C22H34N2O7/c1-5-8-12-17-34-31(38)26(35-32(39)25(33-4)18-23-13-10-9-11-14-23)19-24-15-16-27(42-21-29(36)40-6-2)28(20-24)43-22-30(37)41-7-3;1-3-4-8-13-30-27(36)22(31-28(37)21(29-2)14-19-9-6-5-7-10-19)15-20-11-12-23(38-17-25(32)33)24(16-20)39-18-26(34)35;1-4-7-8-11-24-22(27)17(23)12-16-9-10-18(30-14-20(25)28-5-2)19(13-16)31-15-21(26)29-6-3/h9-11,13-16,20,25-26,33H,5-8,12,17-19,21-22H2,1-4H3,(H,34,38)(H,35,39);5-7,9-12,16,21-22,29H,3-4,8,13-15,17-18H2,1-2H3,(H,30,36)(H,31,37)(H,32,33)(H,34,35);9-10,13,17H,4-8,11-12,14-15,23H2,1-3H3,(H,24,27). The number of nitrogens with two attached hydrogens (primary N) is 1. The van der Waals surface area contributed by atoms with Gasteiger partial charge in [-0.3, -0.25) is 24.0 Å². The fourth-order valence-corrected chi connectivity index (χ4v) is 10.6. The lowest BCUT2D eigenvalue weighted by Crippen LogP contribution is -2.53. The average Bonchev–Trinajstić information content (AvgIpc) is 0.851. The van der Waals surface area contributed by atoms with E-state index in [0.717, 1.165) is 74.5 Å². The summed E-state index contributed by atoms with van der Waals surface area (Å²) in [5.41, 5.74) is 9.89. The Morgan fingerprint density at radius 2 is 0.611 bits per heavy atom. The average molecular weight is 1580 g/mol. The molecule has 5 rings (SSSR count). The number of hydrogen-bond donors (Lipinski definition) is 10. The van der Waals surface area contributed by atoms with Crippen molar-refractivity contribution in [2.45, 2.75) is 169 Å². The third-order valence-corrected chi connectivity index (χ3v) is 16.4. The van der Waals surface area contributed by atoms with E-state index in [9.17, 15) is 52.7 Å². The molecule has 113 heavy (non-hydrogen) atoms. The Kier molecular flexibility index (Phi) is 48.5. The number of rotatable bonds is 53. The summed E-state index contributed by atoms with van der Waals surface area (Å²) in [6.07, 6.45) is 9.97. The highest BCUT2D eigenvalue weighted by Crippen LogP contribution is 2.32. The molecule has 0 heterocycles. The van der Waals surface area contributed by atoms with Crippen molar-refractivity contribution in [2.75, 3.05) is 99.8 Å². The Morgan fingerprint density at radius 1 is 0.327 bits per heavy atom. The summed E-state index contributed by atoms with van der Waals surface area (Å²) in [5.74, 6) is -5.21. The second-order valence-corrected chi connectivity index (χ2v) is 25.5. The molecule has 5 amide bonds. The van der Waals surface area contributed by atoms with Crippen molar-refractivity contribution in [3.05, 3.63) is 143 Å². The van der Waals surface area contributed by atoms with Crippen LogP contribution in [0.1, 0.15) is 134 Å². The smallest absolute Gasteiger partial charge is 0.344 e. The van der Waals surface area contributed by atoms with Gasteiger partial charge in [0.2, 0.25) is 29.5 Å². The minimum atomic E-state index is -1.22. The van der Waals surface area contributed by atoms with Crippen LogP contribution in [-0.4, -0.2) is 206 Å². The van der Waals surface area contributed by atoms with Crippen LogP contribution in [0.3, 0.4) is 0 Å². The number of benzene rings is 5. The van der Waals surface area contributed by atoms with Crippen molar-refractivity contribution in [3.63, 3.8) is 0 Å². The monoisotopic (exact) mass is 1580 g/mol. The van der Waals surface area contributed by atoms with Crippen molar-refractivity contribution >= 4 is 65.4 Å². The highest BCUT2D eigenvalue weighted by atomic mass is 16.6. The van der Waals surface area contributed by atoms with Crippen molar-refractivity contribution in [3.8, 4) is 34.5 Å². The number of ether oxygens (including phenoxy) is 10. The predicted molar refractivity (Wildman–Crippen MR) is 421 cm³/mol. The number of carbonyl (C=O) groups excluding carboxylic acids is 9. The van der Waals surface area contributed by atoms with Gasteiger partial charge in [0.15, 0.2) is 74.1 Å². The van der Waals surface area contributed by atoms with Gasteiger partial charge in [-0.1, -0.05) is 138 Å². The maximum Gasteiger partial charge on any atom is 0.344 e. The van der Waals surface area contributed by atoms with E-state index in [-0.39, 0.29) is 136 Å². The molecule has 0 aliphatic heterocycles. The first-order valence-electron chi connectivity index (χ1n) is 38.3. The molecule has 0 saturated carbocycles. The van der Waals surface area contributed by atoms with Gasteiger partial charge in [0.1, 0.15) is 12.1 Å². The molecule has 0 saturated heterocycles. The van der Waals surface area contributed by atoms with Gasteiger partial charge in [0, 0.05) is 32.5 Å². The van der Waals surface area contributed by atoms with Crippen LogP contribution in [0.2, 0.25) is 0 Å². The molecule has 0 aromatic heterocycles. The molecular formula is C82H116N8O23. The van der Waals surface area contributed by atoms with E-state index in [0.29, 0.717) is 43.6 Å². The summed E-state index contributed by atoms with van der Waals surface area (Å²) in [4.78, 5) is 134. The summed E-state index contributed by atoms with van der Waals surface area (Å²) < 4.78 is 52.3. The van der Waals surface area contributed by atoms with Crippen LogP contribution in [0, 0.1) is 0 Å². The number of amides is 5. The number of aliphatic carboxylic acids is 2. The van der Waals surface area contributed by atoms with Crippen LogP contribution < -0.4 is 71.4 Å². The fourth-order valence-electron chi connectivity index (χ4n) is 10.6. The van der Waals surface area contributed by atoms with Crippen LogP contribution in [0.25, 0.3) is 0 Å². The second-order valence-electron chi connectivity index (χ2n) is 25.5. The molecule has 0 radical (unpaired) electrons. The van der Waals surface area contributed by atoms with Crippen LogP contribution in [0.5, 0.6) is 34.5 Å². The number of unbranched alkanes of at least 4 members (excludes halogenated alkanes) is 6. The van der Waals surface area contributed by atoms with Crippen LogP contribution in [0.4, 0.5) is 0 Å². The Labute approximate surface area is 661 Å². The second kappa shape index (κ2) is 57.1. The highest BCUT2D eigenvalue weighted by Gasteiger charge is 2.29. The molecule has 5 unspecified atom stereocenters. The zero-order valence-electron chi connectivity index (χ0n) is 66.5. The van der Waals surface area contributed by atoms with Gasteiger partial charge >= 0.3 is 35.8 Å². The summed E-state index contributed by atoms with van der Waals surface area (Å²) >= 11 is 0. The normalized spacial score (nSPS) is 11.9. The Balaban J connectivity index is 0.000000445. The minimum Gasteiger partial charge on any atom is -0.479 e. The van der Waals surface area contributed by atoms with E-state index in [2.05, 4.69) is 58.0 Å². The van der Waals surface area contributed by atoms with Crippen molar-refractivity contribution in [1.82, 2.24) is 37.2 Å². The molecule has 5 atom stereocenters. The highest BCUT2D eigenvalue weighted by molar-refractivity contribution is 5.91. The fraction of sp³-hybridized carbons (Fsp3) is 0.500. The van der Waals surface area contributed by atoms with Crippen molar-refractivity contribution < 1.29 is 110 Å². The van der Waals surface area contributed by atoms with Gasteiger partial charge in [-0.05, 0) is 145 Å². The van der Waals surface area contributed by atoms with Crippen LogP contribution >= 0.6 is 0 Å². The number of carboxylic acid groups (broad SMARTS) is 2. The van der Waals surface area contributed by atoms with Crippen LogP contribution in [-0.2, 0) is 104 Å². The quantitative estimate of drug-likeness (QED) is 0.0117. The first kappa shape index (κ1) is 96.2. The molecule has 622 valence electrons. The van der Waals surface area contributed by atoms with Gasteiger partial charge in [-0.2, -0.15) is 0 Å². The predicted octanol–water partition coefficient (Wildman–Crippen LogP) is 6.26. The van der Waals surface area contributed by atoms with Gasteiger partial charge < -0.3 is 101 Å². The topological polar surface area (TPSA) is 431 Å². The molecule has 0 spiro atoms. The summed E-state index contributed by atoms with van der Waals surface area (Å²) in [5, 5.41) is 38.4. The molecule has 5 aromatic rings. The van der Waals surface area contributed by atoms with Gasteiger partial charge in [-0.25, -0.2) is 28.8 Å². The summed E-state index contributed by atoms with van der Waals surface area (Å²) in [7, 11) is 3.38. The van der Waals surface area contributed by atoms with Crippen molar-refractivity contribution in [2.24, 2.45) is 5.73 Å². The van der Waals surface area contributed by atoms with E-state index >= 15 is 0 Å². The zero-order valence-corrected chi connectivity index (χ0v) is 66.5. The third kappa shape index (κ3) is 40.6. The number of esters is 4. The molecule has 0 aliphatic carbocycles. The molecule has 5 aromatic carbocycles. The maximum atomic E-state index is 13.3. The Morgan fingerprint density at radius 3 is 0.912 bits per heavy atom. The number of carbonyl (C=O) groups is 11. The molecule has 31 nitrogen and oxygen atoms in total. The van der Waals surface area contributed by atoms with Crippen molar-refractivity contribution in [1.29, 1.82) is 0 Å². The molecule has 0 aliphatic rings. The van der Waals surface area contributed by atoms with Gasteiger partial charge in [-0.15, -0.1) is 0 Å². The Bertz CT molecular complexity index is 3700. The lowest BCUT2D eigenvalue weighted by atomic mass is 10.0. The molecule has 0 bridgehead atoms. The first-order chi connectivity index (χ1) is 54.4. The number of nitrogens with one attached hydrogen (secondary N) is 7. The Hall–Kier alpha value is -11.1. The molecule has 31 heteroatoms. The number of hydrogen-bond acceptors (Lipinski definition) is 24. The van der Waals surface area contributed by atoms with Gasteiger partial charge in [0.05, 0.1) is 44.6 Å². The molecule has 0 fully saturated rings. The largest absolute Gasteiger partial charge is 0.479 e. The molecule has 11 N–H and O–H groups in total. The van der Waals surface area contributed by atoms with Gasteiger partial charge in [0.25, 0.3) is 0 Å². The number of likely N-dealkylation sites (N-methyl/N-ethyl adjacent to an activating group) is 2. The van der Waals surface area contributed by atoms with Crippen LogP contribution in [0.15, 0.2) is 115 Å². The van der Waals surface area contributed by atoms with E-state index in [1.54, 1.807) is 84.3 Å². The summed E-state index contributed by atoms with van der Waals surface area (Å²) in [6, 6.07) is 29.8. The SMILES string of the molecule is CCCCCNC(=O)C(Cc1ccc(OCC(=O)O)c(OCC(=O)O)c1)NC(=O)C(Cc1ccccc1)NC.CCCCCNC(=O)C(Cc1ccc(OCC(=O)OCC)c(OCC(=O)OCC)c1)NC(=O)C(Cc1ccccc1)NC.CCCCCNC(=O)C(N)Cc1ccc(OCC(=O)OCC)c(OCC(=O)OCC)c1. The number of carboxylic acids is 2. The zero-order chi connectivity index (χ0) is 83.1. The van der Waals surface area contributed by atoms with E-state index in [1.165, 1.54) is 12.1 Å². The van der Waals surface area contributed by atoms with E-state index in [4.69, 9.17) is 63.3 Å². The first-order valence-corrected chi connectivity index (χ1v) is 38.3.